The maximum Gasteiger partial charge on any atom is 0.271 e. The lowest BCUT2D eigenvalue weighted by Gasteiger charge is -2.58. The first-order chi connectivity index (χ1) is 66.6. The van der Waals surface area contributed by atoms with Crippen molar-refractivity contribution in [3.05, 3.63) is 278 Å². The number of carbonyl (C=O) groups excluding carboxylic acids is 2. The summed E-state index contributed by atoms with van der Waals surface area (Å²) in [4.78, 5) is 55.9. The fourth-order valence-electron chi connectivity index (χ4n) is 26.7. The number of aromatic hydroxyl groups is 6. The van der Waals surface area contributed by atoms with Crippen LogP contribution in [0.4, 0.5) is 0 Å². The van der Waals surface area contributed by atoms with Crippen molar-refractivity contribution in [2.45, 2.75) is 234 Å². The van der Waals surface area contributed by atoms with Crippen molar-refractivity contribution < 1.29 is 50.1 Å². The van der Waals surface area contributed by atoms with Gasteiger partial charge in [-0.25, -0.2) is 0 Å². The minimum Gasteiger partial charge on any atom is -0.508 e. The molecule has 8 N–H and O–H groups in total. The molecule has 139 heavy (non-hydrogen) atoms. The largest absolute Gasteiger partial charge is 0.508 e. The molecule has 11 aromatic rings. The number of rotatable bonds is 14. The third-order valence-corrected chi connectivity index (χ3v) is 34.2. The molecule has 5 saturated heterocycles. The van der Waals surface area contributed by atoms with E-state index in [0.717, 1.165) is 201 Å². The van der Waals surface area contributed by atoms with Crippen LogP contribution in [0.15, 0.2) is 194 Å². The lowest BCUT2D eigenvalue weighted by molar-refractivity contribution is -0.126. The summed E-state index contributed by atoms with van der Waals surface area (Å²) < 4.78 is 5.52. The van der Waals surface area contributed by atoms with Gasteiger partial charge in [-0.05, 0) is 384 Å². The van der Waals surface area contributed by atoms with Gasteiger partial charge >= 0.3 is 0 Å². The molecule has 20 nitrogen and oxygen atoms in total. The number of ketones is 1. The number of para-hydroxylation sites is 2. The predicted molar refractivity (Wildman–Crippen MR) is 559 cm³/mol. The second kappa shape index (κ2) is 42.6. The summed E-state index contributed by atoms with van der Waals surface area (Å²) in [7, 11) is 16.7. The van der Waals surface area contributed by atoms with E-state index in [1.54, 1.807) is 49.6 Å². The number of H-pyrrole nitrogens is 1. The minimum atomic E-state index is -0.790. The van der Waals surface area contributed by atoms with E-state index < -0.39 is 5.60 Å². The van der Waals surface area contributed by atoms with Gasteiger partial charge in [-0.1, -0.05) is 136 Å². The molecule has 1 unspecified atom stereocenters. The summed E-state index contributed by atoms with van der Waals surface area (Å²) in [6, 6.07) is 64.3. The molecular weight excluding hydrogens is 1730 g/mol. The van der Waals surface area contributed by atoms with Crippen molar-refractivity contribution in [2.75, 3.05) is 122 Å². The normalized spacial score (nSPS) is 25.4. The quantitative estimate of drug-likeness (QED) is 0.0504. The van der Waals surface area contributed by atoms with Gasteiger partial charge in [-0.2, -0.15) is 0 Å². The third kappa shape index (κ3) is 20.9. The highest BCUT2D eigenvalue weighted by atomic mass is 16.5. The van der Waals surface area contributed by atoms with Crippen LogP contribution in [-0.2, 0) is 82.4 Å². The maximum absolute atomic E-state index is 13.6. The van der Waals surface area contributed by atoms with E-state index in [9.17, 15) is 45.3 Å². The van der Waals surface area contributed by atoms with Crippen LogP contribution in [0.25, 0.3) is 21.8 Å². The van der Waals surface area contributed by atoms with Crippen LogP contribution in [0.3, 0.4) is 0 Å². The number of hydrogen-bond acceptors (Lipinski definition) is 18. The topological polar surface area (TPSA) is 249 Å². The molecular formula is C119H154N10O10. The molecule has 6 fully saturated rings. The molecule has 1 amide bonds. The Kier molecular flexibility index (Phi) is 31.1. The predicted octanol–water partition coefficient (Wildman–Crippen LogP) is 19.9. The molecule has 2 bridgehead atoms. The zero-order valence-electron chi connectivity index (χ0n) is 85.3. The molecule has 20 heteroatoms. The molecule has 740 valence electrons. The van der Waals surface area contributed by atoms with Crippen LogP contribution >= 0.6 is 0 Å². The highest BCUT2D eigenvalue weighted by molar-refractivity contribution is 5.95. The lowest BCUT2D eigenvalue weighted by atomic mass is 9.52. The van der Waals surface area contributed by atoms with E-state index in [4.69, 9.17) is 14.7 Å². The fourth-order valence-corrected chi connectivity index (χ4v) is 26.7. The number of methoxy groups -OCH3 is 1. The van der Waals surface area contributed by atoms with Crippen LogP contribution < -0.4 is 4.74 Å². The summed E-state index contributed by atoms with van der Waals surface area (Å²) >= 11 is 0. The Morgan fingerprint density at radius 1 is 0.504 bits per heavy atom. The number of Topliss-reactive ketones (excluding diaryl/α,β-unsaturated/α-hetero) is 1. The van der Waals surface area contributed by atoms with Crippen LogP contribution in [0, 0.1) is 30.6 Å². The van der Waals surface area contributed by atoms with Gasteiger partial charge in [0, 0.05) is 125 Å². The number of amides is 1. The average molecular weight is 1880 g/mol. The van der Waals surface area contributed by atoms with Gasteiger partial charge in [0.15, 0.2) is 11.5 Å². The highest BCUT2D eigenvalue weighted by Crippen LogP contribution is 2.60. The first kappa shape index (κ1) is 101. The molecule has 5 aliphatic carbocycles. The van der Waals surface area contributed by atoms with Crippen molar-refractivity contribution in [1.82, 2.24) is 49.3 Å². The molecule has 3 aromatic heterocycles. The number of aromatic nitrogens is 3. The number of aromatic amines is 1. The first-order valence-electron chi connectivity index (χ1n) is 51.6. The first-order valence-corrected chi connectivity index (χ1v) is 51.6. The Hall–Kier alpha value is -10.7. The van der Waals surface area contributed by atoms with E-state index in [-0.39, 0.29) is 62.5 Å². The van der Waals surface area contributed by atoms with E-state index >= 15 is 0 Å². The number of piperidine rings is 4. The van der Waals surface area contributed by atoms with Crippen molar-refractivity contribution in [3.63, 3.8) is 0 Å². The summed E-state index contributed by atoms with van der Waals surface area (Å²) in [6.45, 7) is 25.0. The molecule has 5 aliphatic heterocycles. The number of benzene rings is 8. The molecule has 21 rings (SSSR count). The number of nitrogens with one attached hydrogen (secondary N) is 1. The second-order valence-electron chi connectivity index (χ2n) is 43.7. The maximum atomic E-state index is 13.6. The third-order valence-electron chi connectivity index (χ3n) is 34.2. The van der Waals surface area contributed by atoms with Crippen molar-refractivity contribution in [3.8, 4) is 40.2 Å². The van der Waals surface area contributed by atoms with E-state index in [0.29, 0.717) is 64.7 Å². The van der Waals surface area contributed by atoms with E-state index in [1.807, 2.05) is 92.6 Å². The van der Waals surface area contributed by atoms with Crippen molar-refractivity contribution in [2.24, 2.45) is 23.7 Å². The standard InChI is InChI=1S/C28H39N3O3.2C23H24N2O.C15H23NO2.C15H21NO2.C15H23NO/c1-15(2)31(16(3)4)27(33)25-17(5)19-13-20-22-12-18-8-9-23(34-7)26(32)24(18)28(20,10-11-30(22)6)14-21(19)29-25;2*1-25-10-9-23(18-6-4-7-20(26)13-18)14-22-17(12-19(23)15-25)11-16-5-2-3-8-21(16)24-22;1-16(2)11-13-6-3-4-9-15(13,18)12-7-5-8-14(17)10-12;1-3-14(18)15(7-9-16(2)10-8-15)12-5-4-6-13(17)11-12;1-3-15(9-4-5-10-16(2)12-15)13-7-6-8-14(17)11-13/h8-9,15-16,20,22,29,32H,10-14H2,1-7H3;2*2-8,11,13,19,26H,9-10,12,14-15H2,1H3;5,7-8,10,13,17-18H,3-4,6,9,11H2,1-2H3;4-6,11,17H,3,7-10H2,1-2H3;6-8,11,17H,3-5,9-10,12H2,1-2H3/t20-,22+,28-;2*19-,23+;13-,15+;;/m0101../s1. The number of phenolic OH excluding ortho intramolecular Hbond substituents is 6. The van der Waals surface area contributed by atoms with Gasteiger partial charge in [0.1, 0.15) is 40.2 Å². The van der Waals surface area contributed by atoms with E-state index in [2.05, 4.69) is 196 Å². The number of likely N-dealkylation sites (tertiary alicyclic amines) is 5. The van der Waals surface area contributed by atoms with Crippen molar-refractivity contribution in [1.29, 1.82) is 0 Å². The van der Waals surface area contributed by atoms with Gasteiger partial charge in [-0.3, -0.25) is 19.6 Å². The fraction of sp³-hybridized carbons (Fsp3) is 0.496. The Balaban J connectivity index is 0.000000123. The number of pyridine rings is 2. The summed E-state index contributed by atoms with van der Waals surface area (Å²) in [6.07, 6.45) is 21.2. The zero-order valence-corrected chi connectivity index (χ0v) is 85.3. The number of carbonyl (C=O) groups is 2. The van der Waals surface area contributed by atoms with Gasteiger partial charge in [0.2, 0.25) is 0 Å². The lowest BCUT2D eigenvalue weighted by Crippen LogP contribution is -2.61. The Labute approximate surface area is 825 Å². The SMILES string of the molecule is CCC(=O)C1(c2cccc(O)c2)CCN(C)CC1.CCC1(c2cccc(O)c2)CCCCN(C)C1.CN(C)C[C@H]1CCCC[C@]1(O)c1cccc(O)c1.CN1CC[C@@]2(c3cccc(O)c3)Cc3nc4ccccc4cc3C[C@@H]2C1.CN1CC[C@]2(c3cccc(O)c3)Cc3nc4ccccc4cc3C[C@H]2C1.COc1ccc2c(c1O)[C@]13CCN(C)[C@H](C2)[C@@H]1Cc1c([nH]c(C(=O)N(C(C)C)C(C)C)c1C)C3. The average Bonchev–Trinajstić information content (AvgIpc) is 1.47. The van der Waals surface area contributed by atoms with Gasteiger partial charge in [-0.15, -0.1) is 0 Å². The van der Waals surface area contributed by atoms with Gasteiger partial charge in [0.05, 0.1) is 29.2 Å². The number of likely N-dealkylation sites (N-methyl/N-ethyl adjacent to an activating group) is 2. The van der Waals surface area contributed by atoms with Crippen LogP contribution in [0.1, 0.15) is 220 Å². The number of aliphatic hydroxyl groups is 1. The summed E-state index contributed by atoms with van der Waals surface area (Å²) in [5.74, 6) is 4.59. The molecule has 8 aromatic carbocycles. The van der Waals surface area contributed by atoms with Gasteiger partial charge < -0.3 is 79.8 Å². The van der Waals surface area contributed by atoms with Crippen LogP contribution in [0.5, 0.6) is 40.2 Å². The Morgan fingerprint density at radius 3 is 1.53 bits per heavy atom. The van der Waals surface area contributed by atoms with E-state index in [1.165, 1.54) is 99.0 Å². The monoisotopic (exact) mass is 1880 g/mol. The molecule has 1 saturated carbocycles. The number of nitrogens with zero attached hydrogens (tertiary/aromatic N) is 9. The Bertz CT molecular complexity index is 5970. The highest BCUT2D eigenvalue weighted by Gasteiger charge is 2.58. The number of hydrogen-bond donors (Lipinski definition) is 8. The van der Waals surface area contributed by atoms with Crippen LogP contribution in [0.2, 0.25) is 0 Å². The Morgan fingerprint density at radius 2 is 1.00 bits per heavy atom. The summed E-state index contributed by atoms with van der Waals surface area (Å²) in [5, 5.41) is 73.9. The zero-order chi connectivity index (χ0) is 98.6. The van der Waals surface area contributed by atoms with Gasteiger partial charge in [0.25, 0.3) is 5.91 Å². The number of phenols is 6. The molecule has 0 radical (unpaired) electrons. The number of fused-ring (bicyclic) bond motifs is 8. The molecule has 8 heterocycles. The van der Waals surface area contributed by atoms with Crippen molar-refractivity contribution >= 4 is 33.5 Å². The molecule has 10 atom stereocenters. The molecule has 10 aliphatic rings. The molecule has 0 spiro atoms. The second-order valence-corrected chi connectivity index (χ2v) is 43.7. The number of ether oxygens (including phenoxy) is 1. The summed E-state index contributed by atoms with van der Waals surface area (Å²) in [5.41, 5.74) is 18.8. The minimum absolute atomic E-state index is 0.0771. The van der Waals surface area contributed by atoms with Crippen LogP contribution in [-0.4, -0.2) is 237 Å². The smallest absolute Gasteiger partial charge is 0.271 e.